The minimum absolute atomic E-state index is 0.666. The van der Waals surface area contributed by atoms with E-state index in [4.69, 9.17) is 5.10 Å². The van der Waals surface area contributed by atoms with Crippen molar-refractivity contribution in [2.75, 3.05) is 6.54 Å². The quantitative estimate of drug-likeness (QED) is 0.840. The van der Waals surface area contributed by atoms with E-state index in [2.05, 4.69) is 68.0 Å². The number of para-hydroxylation sites is 1. The van der Waals surface area contributed by atoms with E-state index in [1.807, 2.05) is 0 Å². The molecule has 2 aromatic rings. The fourth-order valence-corrected chi connectivity index (χ4v) is 2.47. The first-order valence-corrected chi connectivity index (χ1v) is 8.02. The van der Waals surface area contributed by atoms with E-state index >= 15 is 0 Å². The molecule has 0 saturated heterocycles. The minimum Gasteiger partial charge on any atom is -0.312 e. The molecule has 114 valence electrons. The van der Waals surface area contributed by atoms with Gasteiger partial charge in [-0.1, -0.05) is 45.9 Å². The zero-order valence-electron chi connectivity index (χ0n) is 13.7. The minimum atomic E-state index is 0.666. The lowest BCUT2D eigenvalue weighted by Gasteiger charge is -2.13. The molecular formula is C18H27N3. The molecule has 0 atom stereocenters. The molecule has 1 heterocycles. The first-order valence-electron chi connectivity index (χ1n) is 8.02. The van der Waals surface area contributed by atoms with Crippen LogP contribution < -0.4 is 5.32 Å². The van der Waals surface area contributed by atoms with Crippen molar-refractivity contribution in [3.05, 3.63) is 47.3 Å². The molecule has 0 saturated carbocycles. The SMILES string of the molecule is CCc1cc(CC)n(-c2ccccc2CNCC(C)C)n1. The first-order chi connectivity index (χ1) is 10.2. The molecule has 0 aliphatic heterocycles. The number of aryl methyl sites for hydroxylation is 2. The van der Waals surface area contributed by atoms with Crippen LogP contribution in [-0.4, -0.2) is 16.3 Å². The number of nitrogens with one attached hydrogen (secondary N) is 1. The third-order valence-corrected chi connectivity index (χ3v) is 3.65. The van der Waals surface area contributed by atoms with Gasteiger partial charge in [0.05, 0.1) is 11.4 Å². The number of hydrogen-bond acceptors (Lipinski definition) is 2. The maximum Gasteiger partial charge on any atom is 0.0693 e. The molecule has 0 spiro atoms. The average Bonchev–Trinajstić information content (AvgIpc) is 2.90. The van der Waals surface area contributed by atoms with Gasteiger partial charge in [0.2, 0.25) is 0 Å². The number of nitrogens with zero attached hydrogens (tertiary/aromatic N) is 2. The fourth-order valence-electron chi connectivity index (χ4n) is 2.47. The summed E-state index contributed by atoms with van der Waals surface area (Å²) in [5.41, 5.74) is 4.95. The molecule has 0 radical (unpaired) electrons. The highest BCUT2D eigenvalue weighted by Crippen LogP contribution is 2.18. The summed E-state index contributed by atoms with van der Waals surface area (Å²) in [6, 6.07) is 10.8. The van der Waals surface area contributed by atoms with Gasteiger partial charge < -0.3 is 5.32 Å². The van der Waals surface area contributed by atoms with Crippen LogP contribution in [0.3, 0.4) is 0 Å². The second-order valence-corrected chi connectivity index (χ2v) is 5.90. The Morgan fingerprint density at radius 2 is 1.90 bits per heavy atom. The number of hydrogen-bond donors (Lipinski definition) is 1. The highest BCUT2D eigenvalue weighted by atomic mass is 15.3. The Morgan fingerprint density at radius 1 is 1.14 bits per heavy atom. The van der Waals surface area contributed by atoms with Gasteiger partial charge in [-0.05, 0) is 43.0 Å². The van der Waals surface area contributed by atoms with Gasteiger partial charge in [-0.2, -0.15) is 5.10 Å². The molecule has 1 aromatic carbocycles. The van der Waals surface area contributed by atoms with Gasteiger partial charge >= 0.3 is 0 Å². The van der Waals surface area contributed by atoms with E-state index in [-0.39, 0.29) is 0 Å². The van der Waals surface area contributed by atoms with E-state index in [9.17, 15) is 0 Å². The molecule has 0 amide bonds. The molecule has 0 bridgehead atoms. The molecule has 0 aliphatic carbocycles. The van der Waals surface area contributed by atoms with Crippen molar-refractivity contribution in [2.45, 2.75) is 47.1 Å². The van der Waals surface area contributed by atoms with Crippen molar-refractivity contribution >= 4 is 0 Å². The number of benzene rings is 1. The second kappa shape index (κ2) is 7.41. The van der Waals surface area contributed by atoms with Gasteiger partial charge in [-0.15, -0.1) is 0 Å². The standard InChI is InChI=1S/C18H27N3/c1-5-16-11-17(6-2)21(20-16)18-10-8-7-9-15(18)13-19-12-14(3)4/h7-11,14,19H,5-6,12-13H2,1-4H3. The Balaban J connectivity index is 2.28. The maximum atomic E-state index is 4.76. The van der Waals surface area contributed by atoms with Gasteiger partial charge in [0, 0.05) is 12.2 Å². The molecular weight excluding hydrogens is 258 g/mol. The largest absolute Gasteiger partial charge is 0.312 e. The van der Waals surface area contributed by atoms with Crippen LogP contribution >= 0.6 is 0 Å². The molecule has 0 aliphatic rings. The van der Waals surface area contributed by atoms with Crippen LogP contribution in [0.5, 0.6) is 0 Å². The van der Waals surface area contributed by atoms with Crippen molar-refractivity contribution in [2.24, 2.45) is 5.92 Å². The van der Waals surface area contributed by atoms with Crippen LogP contribution in [0, 0.1) is 5.92 Å². The molecule has 21 heavy (non-hydrogen) atoms. The van der Waals surface area contributed by atoms with E-state index in [1.165, 1.54) is 16.9 Å². The summed E-state index contributed by atoms with van der Waals surface area (Å²) in [6.07, 6.45) is 1.98. The lowest BCUT2D eigenvalue weighted by atomic mass is 10.1. The van der Waals surface area contributed by atoms with Crippen molar-refractivity contribution < 1.29 is 0 Å². The summed E-state index contributed by atoms with van der Waals surface area (Å²) in [6.45, 7) is 10.7. The molecule has 0 unspecified atom stereocenters. The molecule has 1 aromatic heterocycles. The van der Waals surface area contributed by atoms with Crippen LogP contribution in [0.15, 0.2) is 30.3 Å². The Morgan fingerprint density at radius 3 is 2.57 bits per heavy atom. The van der Waals surface area contributed by atoms with Crippen molar-refractivity contribution in [1.82, 2.24) is 15.1 Å². The van der Waals surface area contributed by atoms with Gasteiger partial charge in [0.15, 0.2) is 0 Å². The summed E-state index contributed by atoms with van der Waals surface area (Å²) >= 11 is 0. The van der Waals surface area contributed by atoms with Gasteiger partial charge in [0.25, 0.3) is 0 Å². The summed E-state index contributed by atoms with van der Waals surface area (Å²) < 4.78 is 2.12. The number of rotatable bonds is 7. The van der Waals surface area contributed by atoms with Gasteiger partial charge in [-0.3, -0.25) is 0 Å². The van der Waals surface area contributed by atoms with Crippen LogP contribution in [0.2, 0.25) is 0 Å². The highest BCUT2D eigenvalue weighted by molar-refractivity contribution is 5.42. The Labute approximate surface area is 128 Å². The predicted molar refractivity (Wildman–Crippen MR) is 88.9 cm³/mol. The molecule has 1 N–H and O–H groups in total. The average molecular weight is 285 g/mol. The summed E-state index contributed by atoms with van der Waals surface area (Å²) in [4.78, 5) is 0. The summed E-state index contributed by atoms with van der Waals surface area (Å²) in [5.74, 6) is 0.666. The summed E-state index contributed by atoms with van der Waals surface area (Å²) in [5, 5.41) is 8.29. The maximum absolute atomic E-state index is 4.76. The zero-order chi connectivity index (χ0) is 15.2. The molecule has 0 fully saturated rings. The lowest BCUT2D eigenvalue weighted by Crippen LogP contribution is -2.20. The van der Waals surface area contributed by atoms with E-state index in [0.29, 0.717) is 5.92 Å². The smallest absolute Gasteiger partial charge is 0.0693 e. The Bertz CT molecular complexity index is 570. The topological polar surface area (TPSA) is 29.9 Å². The normalized spacial score (nSPS) is 11.3. The molecule has 2 rings (SSSR count). The molecule has 3 heteroatoms. The van der Waals surface area contributed by atoms with Crippen LogP contribution in [0.1, 0.15) is 44.6 Å². The lowest BCUT2D eigenvalue weighted by molar-refractivity contribution is 0.551. The predicted octanol–water partition coefficient (Wildman–Crippen LogP) is 3.74. The van der Waals surface area contributed by atoms with E-state index < -0.39 is 0 Å². The molecule has 3 nitrogen and oxygen atoms in total. The fraction of sp³-hybridized carbons (Fsp3) is 0.500. The van der Waals surface area contributed by atoms with Crippen LogP contribution in [0.4, 0.5) is 0 Å². The van der Waals surface area contributed by atoms with E-state index in [1.54, 1.807) is 0 Å². The van der Waals surface area contributed by atoms with Crippen LogP contribution in [-0.2, 0) is 19.4 Å². The second-order valence-electron chi connectivity index (χ2n) is 5.90. The van der Waals surface area contributed by atoms with E-state index in [0.717, 1.165) is 31.6 Å². The van der Waals surface area contributed by atoms with Crippen molar-refractivity contribution in [1.29, 1.82) is 0 Å². The Hall–Kier alpha value is -1.61. The van der Waals surface area contributed by atoms with Crippen molar-refractivity contribution in [3.63, 3.8) is 0 Å². The first kappa shape index (κ1) is 15.8. The van der Waals surface area contributed by atoms with Crippen LogP contribution in [0.25, 0.3) is 5.69 Å². The Kier molecular flexibility index (Phi) is 5.57. The zero-order valence-corrected chi connectivity index (χ0v) is 13.7. The third kappa shape index (κ3) is 3.94. The van der Waals surface area contributed by atoms with Crippen molar-refractivity contribution in [3.8, 4) is 5.69 Å². The van der Waals surface area contributed by atoms with Gasteiger partial charge in [-0.25, -0.2) is 4.68 Å². The monoisotopic (exact) mass is 285 g/mol. The summed E-state index contributed by atoms with van der Waals surface area (Å²) in [7, 11) is 0. The number of aromatic nitrogens is 2. The third-order valence-electron chi connectivity index (χ3n) is 3.65. The van der Waals surface area contributed by atoms with Gasteiger partial charge in [0.1, 0.15) is 0 Å². The highest BCUT2D eigenvalue weighted by Gasteiger charge is 2.10.